The molecule has 1 aromatic heterocycles. The van der Waals surface area contributed by atoms with E-state index < -0.39 is 17.6 Å². The number of nitrogens with one attached hydrogen (secondary N) is 1. The van der Waals surface area contributed by atoms with Crippen molar-refractivity contribution < 1.29 is 18.0 Å². The van der Waals surface area contributed by atoms with Gasteiger partial charge in [0, 0.05) is 49.2 Å². The first-order valence-corrected chi connectivity index (χ1v) is 16.6. The monoisotopic (exact) mass is 651 g/mol. The zero-order valence-corrected chi connectivity index (χ0v) is 26.8. The molecule has 0 bridgehead atoms. The molecule has 11 heteroatoms. The van der Waals surface area contributed by atoms with Gasteiger partial charge in [-0.15, -0.1) is 10.2 Å². The first-order chi connectivity index (χ1) is 23.1. The summed E-state index contributed by atoms with van der Waals surface area (Å²) in [5, 5.41) is 20.9. The average Bonchev–Trinajstić information content (AvgIpc) is 3.94. The zero-order valence-electron chi connectivity index (χ0n) is 26.8. The molecule has 1 amide bonds. The van der Waals surface area contributed by atoms with Gasteiger partial charge in [0.1, 0.15) is 6.33 Å². The molecule has 8 rings (SSSR count). The van der Waals surface area contributed by atoms with E-state index in [0.717, 1.165) is 49.0 Å². The fourth-order valence-electron chi connectivity index (χ4n) is 7.51. The molecule has 3 aromatic carbocycles. The maximum Gasteiger partial charge on any atom is 0.416 e. The number of benzene rings is 3. The second-order valence-electron chi connectivity index (χ2n) is 14.0. The lowest BCUT2D eigenvalue weighted by molar-refractivity contribution is -0.138. The number of hydrogen-bond donors (Lipinski definition) is 1. The summed E-state index contributed by atoms with van der Waals surface area (Å²) in [5.74, 6) is 0.709. The van der Waals surface area contributed by atoms with Crippen molar-refractivity contribution in [2.75, 3.05) is 29.9 Å². The Balaban J connectivity index is 1.20. The first kappa shape index (κ1) is 30.6. The Labute approximate surface area is 277 Å². The molecular weight excluding hydrogens is 615 g/mol. The minimum absolute atomic E-state index is 0.0104. The van der Waals surface area contributed by atoms with E-state index in [1.54, 1.807) is 18.5 Å². The predicted molar refractivity (Wildman–Crippen MR) is 176 cm³/mol. The summed E-state index contributed by atoms with van der Waals surface area (Å²) in [7, 11) is 1.87. The van der Waals surface area contributed by atoms with Gasteiger partial charge in [-0.1, -0.05) is 18.2 Å². The summed E-state index contributed by atoms with van der Waals surface area (Å²) >= 11 is 0. The van der Waals surface area contributed by atoms with Gasteiger partial charge in [0.25, 0.3) is 5.91 Å². The number of nitrogens with zero attached hydrogens (tertiary/aromatic N) is 6. The Kier molecular flexibility index (Phi) is 7.33. The summed E-state index contributed by atoms with van der Waals surface area (Å²) in [6.07, 6.45) is 3.00. The Morgan fingerprint density at radius 3 is 2.56 bits per heavy atom. The standard InChI is InChI=1S/C37H36F3N7O/c1-45-22-43-44-34(45)29-6-5-25(24-3-4-24)17-30(29)26-15-27(42-11-2-10-41)18-28(16-26)47-20-32-31(35(47)48)13-23(14-33(32)37(38,39)40)19-46-12-9-36(21-46)7-8-36/h5-6,13-18,22,24,42H,2-4,7-9,11-12,19-21H2,1H3. The van der Waals surface area contributed by atoms with Crippen molar-refractivity contribution in [3.05, 3.63) is 82.7 Å². The fourth-order valence-corrected chi connectivity index (χ4v) is 7.51. The number of hydrogen-bond acceptors (Lipinski definition) is 6. The van der Waals surface area contributed by atoms with Crippen LogP contribution in [0.3, 0.4) is 0 Å². The molecule has 4 aliphatic rings. The van der Waals surface area contributed by atoms with E-state index >= 15 is 0 Å². The van der Waals surface area contributed by atoms with Gasteiger partial charge >= 0.3 is 6.18 Å². The van der Waals surface area contributed by atoms with Gasteiger partial charge in [-0.25, -0.2) is 0 Å². The van der Waals surface area contributed by atoms with Crippen molar-refractivity contribution in [3.8, 4) is 28.6 Å². The van der Waals surface area contributed by atoms with E-state index in [0.29, 0.717) is 47.2 Å². The van der Waals surface area contributed by atoms with Gasteiger partial charge in [0.2, 0.25) is 0 Å². The van der Waals surface area contributed by atoms with Gasteiger partial charge in [-0.05, 0) is 108 Å². The third kappa shape index (κ3) is 5.72. The van der Waals surface area contributed by atoms with E-state index in [-0.39, 0.29) is 24.1 Å². The lowest BCUT2D eigenvalue weighted by atomic mass is 9.94. The number of rotatable bonds is 9. The minimum atomic E-state index is -4.60. The summed E-state index contributed by atoms with van der Waals surface area (Å²) < 4.78 is 45.6. The number of aryl methyl sites for hydroxylation is 1. The van der Waals surface area contributed by atoms with Gasteiger partial charge in [0.05, 0.1) is 24.6 Å². The lowest BCUT2D eigenvalue weighted by Crippen LogP contribution is -2.23. The number of aromatic nitrogens is 3. The van der Waals surface area contributed by atoms with E-state index in [2.05, 4.69) is 38.6 Å². The summed E-state index contributed by atoms with van der Waals surface area (Å²) in [6, 6.07) is 17.0. The lowest BCUT2D eigenvalue weighted by Gasteiger charge is -2.21. The van der Waals surface area contributed by atoms with Crippen LogP contribution in [0.4, 0.5) is 24.5 Å². The number of fused-ring (bicyclic) bond motifs is 1. The van der Waals surface area contributed by atoms with E-state index in [1.807, 2.05) is 29.8 Å². The van der Waals surface area contributed by atoms with Crippen LogP contribution < -0.4 is 10.2 Å². The number of anilines is 2. The average molecular weight is 652 g/mol. The number of carbonyl (C=O) groups excluding carboxylic acids is 1. The van der Waals surface area contributed by atoms with Crippen molar-refractivity contribution >= 4 is 17.3 Å². The molecule has 2 saturated carbocycles. The van der Waals surface area contributed by atoms with Crippen molar-refractivity contribution in [2.24, 2.45) is 12.5 Å². The van der Waals surface area contributed by atoms with Crippen LogP contribution in [0.1, 0.15) is 77.1 Å². The molecule has 246 valence electrons. The SMILES string of the molecule is Cn1cnnc1-c1ccc(C2CC2)cc1-c1cc(NCCC#N)cc(N2Cc3c(cc(CN4CCC5(CC5)C4)cc3C(F)(F)F)C2=O)c1. The molecule has 0 unspecified atom stereocenters. The molecule has 48 heavy (non-hydrogen) atoms. The summed E-state index contributed by atoms with van der Waals surface area (Å²) in [4.78, 5) is 17.8. The van der Waals surface area contributed by atoms with Crippen LogP contribution in [0.15, 0.2) is 54.9 Å². The first-order valence-electron chi connectivity index (χ1n) is 16.6. The maximum atomic E-state index is 14.6. The Morgan fingerprint density at radius 2 is 1.88 bits per heavy atom. The Bertz CT molecular complexity index is 1970. The Morgan fingerprint density at radius 1 is 1.04 bits per heavy atom. The number of carbonyl (C=O) groups is 1. The fraction of sp³-hybridized carbons (Fsp3) is 0.405. The van der Waals surface area contributed by atoms with E-state index in [9.17, 15) is 23.2 Å². The van der Waals surface area contributed by atoms with Crippen LogP contribution >= 0.6 is 0 Å². The highest BCUT2D eigenvalue weighted by Crippen LogP contribution is 2.53. The molecule has 4 aromatic rings. The number of alkyl halides is 3. The summed E-state index contributed by atoms with van der Waals surface area (Å²) in [6.45, 7) is 2.36. The molecule has 1 N–H and O–H groups in total. The molecular formula is C37H36F3N7O. The quantitative estimate of drug-likeness (QED) is 0.188. The number of likely N-dealkylation sites (tertiary alicyclic amines) is 1. The highest BCUT2D eigenvalue weighted by atomic mass is 19.4. The van der Waals surface area contributed by atoms with Crippen LogP contribution in [0.2, 0.25) is 0 Å². The number of amides is 1. The van der Waals surface area contributed by atoms with E-state index in [1.165, 1.54) is 29.4 Å². The van der Waals surface area contributed by atoms with Crippen molar-refractivity contribution in [3.63, 3.8) is 0 Å². The van der Waals surface area contributed by atoms with Crippen LogP contribution in [0.5, 0.6) is 0 Å². The predicted octanol–water partition coefficient (Wildman–Crippen LogP) is 7.52. The third-order valence-electron chi connectivity index (χ3n) is 10.4. The highest BCUT2D eigenvalue weighted by molar-refractivity contribution is 6.11. The van der Waals surface area contributed by atoms with Crippen molar-refractivity contribution in [1.82, 2.24) is 19.7 Å². The topological polar surface area (TPSA) is 90.1 Å². The molecule has 1 saturated heterocycles. The van der Waals surface area contributed by atoms with Crippen LogP contribution in [-0.2, 0) is 26.3 Å². The molecule has 2 aliphatic heterocycles. The second kappa shape index (κ2) is 11.5. The molecule has 3 fully saturated rings. The van der Waals surface area contributed by atoms with Gasteiger partial charge in [-0.3, -0.25) is 9.69 Å². The maximum absolute atomic E-state index is 14.6. The normalized spacial score (nSPS) is 18.4. The van der Waals surface area contributed by atoms with Crippen LogP contribution in [-0.4, -0.2) is 45.2 Å². The molecule has 2 aliphatic carbocycles. The van der Waals surface area contributed by atoms with E-state index in [4.69, 9.17) is 0 Å². The number of nitriles is 1. The highest BCUT2D eigenvalue weighted by Gasteiger charge is 2.47. The molecule has 0 radical (unpaired) electrons. The number of halogens is 3. The zero-order chi connectivity index (χ0) is 33.2. The molecule has 0 atom stereocenters. The summed E-state index contributed by atoms with van der Waals surface area (Å²) in [5.41, 5.74) is 5.15. The third-order valence-corrected chi connectivity index (χ3v) is 10.4. The largest absolute Gasteiger partial charge is 0.416 e. The molecule has 8 nitrogen and oxygen atoms in total. The van der Waals surface area contributed by atoms with Crippen LogP contribution in [0.25, 0.3) is 22.5 Å². The minimum Gasteiger partial charge on any atom is -0.384 e. The smallest absolute Gasteiger partial charge is 0.384 e. The molecule has 3 heterocycles. The van der Waals surface area contributed by atoms with Gasteiger partial charge in [0.15, 0.2) is 5.82 Å². The van der Waals surface area contributed by atoms with Crippen molar-refractivity contribution in [1.29, 1.82) is 5.26 Å². The molecule has 1 spiro atoms. The second-order valence-corrected chi connectivity index (χ2v) is 14.0. The van der Waals surface area contributed by atoms with Crippen LogP contribution in [0, 0.1) is 16.7 Å². The van der Waals surface area contributed by atoms with Gasteiger partial charge in [-0.2, -0.15) is 18.4 Å². The Hall–Kier alpha value is -4.69. The van der Waals surface area contributed by atoms with Gasteiger partial charge < -0.3 is 14.8 Å². The van der Waals surface area contributed by atoms with Crippen molar-refractivity contribution in [2.45, 2.75) is 63.7 Å².